The standard InChI is InChI=1S/C29H36N6O7/c1-15-8-20(37)9-16(2)21(15)10-22(30)27(41)32-14-24(39)35-29(11-18-6-4-5-7-19(18)12-29)28(42)33-13-23(38)34-25(17(3)36)26(31)40/h4-10,17,25,36-37H,11-14,30H2,1-3H3,(H2,31,40)(H,32,41)(H,33,42)(H,34,38)(H,35,39)/b22-10-. The molecule has 0 saturated heterocycles. The summed E-state index contributed by atoms with van der Waals surface area (Å²) in [6, 6.07) is 8.98. The number of phenolic OH excluding ortho intramolecular Hbond substituents is 1. The van der Waals surface area contributed by atoms with Crippen LogP contribution >= 0.6 is 0 Å². The first-order chi connectivity index (χ1) is 19.7. The van der Waals surface area contributed by atoms with Gasteiger partial charge in [-0.05, 0) is 66.8 Å². The van der Waals surface area contributed by atoms with E-state index >= 15 is 0 Å². The van der Waals surface area contributed by atoms with Crippen LogP contribution in [-0.2, 0) is 36.8 Å². The average Bonchev–Trinajstić information content (AvgIpc) is 3.29. The highest BCUT2D eigenvalue weighted by atomic mass is 16.3. The largest absolute Gasteiger partial charge is 0.508 e. The maximum atomic E-state index is 13.4. The molecule has 3 rings (SSSR count). The number of primary amides is 1. The number of carbonyl (C=O) groups is 5. The van der Waals surface area contributed by atoms with Crippen LogP contribution in [0.1, 0.15) is 34.7 Å². The molecule has 2 unspecified atom stereocenters. The number of carbonyl (C=O) groups excluding carboxylic acids is 5. The minimum absolute atomic E-state index is 0.0871. The Morgan fingerprint density at radius 2 is 1.50 bits per heavy atom. The molecule has 0 heterocycles. The Morgan fingerprint density at radius 3 is 2.02 bits per heavy atom. The van der Waals surface area contributed by atoms with E-state index in [1.54, 1.807) is 26.0 Å². The first-order valence-corrected chi connectivity index (χ1v) is 13.2. The fourth-order valence-corrected chi connectivity index (χ4v) is 4.88. The van der Waals surface area contributed by atoms with Crippen molar-refractivity contribution < 1.29 is 34.2 Å². The molecule has 0 spiro atoms. The minimum atomic E-state index is -1.46. The van der Waals surface area contributed by atoms with Crippen LogP contribution < -0.4 is 32.7 Å². The molecule has 1 aliphatic carbocycles. The normalized spacial score (nSPS) is 15.1. The summed E-state index contributed by atoms with van der Waals surface area (Å²) >= 11 is 0. The van der Waals surface area contributed by atoms with Gasteiger partial charge >= 0.3 is 0 Å². The number of aliphatic hydroxyl groups is 1. The molecule has 0 saturated carbocycles. The quantitative estimate of drug-likeness (QED) is 0.146. The second kappa shape index (κ2) is 13.2. The third-order valence-electron chi connectivity index (χ3n) is 6.98. The molecule has 13 heteroatoms. The fraction of sp³-hybridized carbons (Fsp3) is 0.345. The van der Waals surface area contributed by atoms with Crippen molar-refractivity contribution in [3.05, 3.63) is 69.9 Å². The van der Waals surface area contributed by atoms with Crippen LogP contribution in [0.4, 0.5) is 0 Å². The summed E-state index contributed by atoms with van der Waals surface area (Å²) in [7, 11) is 0. The number of hydrogen-bond acceptors (Lipinski definition) is 8. The smallest absolute Gasteiger partial charge is 0.267 e. The lowest BCUT2D eigenvalue weighted by Gasteiger charge is -2.29. The Labute approximate surface area is 242 Å². The van der Waals surface area contributed by atoms with E-state index in [9.17, 15) is 34.2 Å². The van der Waals surface area contributed by atoms with E-state index in [0.717, 1.165) is 11.1 Å². The van der Waals surface area contributed by atoms with Crippen LogP contribution in [0.15, 0.2) is 42.1 Å². The predicted octanol–water partition coefficient (Wildman–Crippen LogP) is -1.45. The van der Waals surface area contributed by atoms with Gasteiger partial charge in [-0.25, -0.2) is 0 Å². The number of rotatable bonds is 11. The fourth-order valence-electron chi connectivity index (χ4n) is 4.88. The number of fused-ring (bicyclic) bond motifs is 1. The summed E-state index contributed by atoms with van der Waals surface area (Å²) in [5.41, 5.74) is 13.3. The van der Waals surface area contributed by atoms with E-state index in [2.05, 4.69) is 21.3 Å². The molecule has 0 aromatic heterocycles. The summed E-state index contributed by atoms with van der Waals surface area (Å²) < 4.78 is 0. The van der Waals surface area contributed by atoms with Crippen LogP contribution in [0, 0.1) is 13.8 Å². The van der Waals surface area contributed by atoms with E-state index in [1.807, 2.05) is 12.1 Å². The third kappa shape index (κ3) is 7.63. The van der Waals surface area contributed by atoms with Gasteiger partial charge < -0.3 is 42.9 Å². The molecule has 0 fully saturated rings. The number of amides is 5. The van der Waals surface area contributed by atoms with Crippen molar-refractivity contribution in [3.8, 4) is 5.75 Å². The monoisotopic (exact) mass is 580 g/mol. The van der Waals surface area contributed by atoms with Crippen molar-refractivity contribution in [2.75, 3.05) is 13.1 Å². The van der Waals surface area contributed by atoms with Gasteiger partial charge in [-0.1, -0.05) is 24.3 Å². The Morgan fingerprint density at radius 1 is 0.952 bits per heavy atom. The minimum Gasteiger partial charge on any atom is -0.508 e. The summed E-state index contributed by atoms with van der Waals surface area (Å²) in [5, 5.41) is 29.3. The zero-order valence-electron chi connectivity index (χ0n) is 23.6. The number of aromatic hydroxyl groups is 1. The third-order valence-corrected chi connectivity index (χ3v) is 6.98. The summed E-state index contributed by atoms with van der Waals surface area (Å²) in [6.07, 6.45) is 0.473. The van der Waals surface area contributed by atoms with E-state index in [-0.39, 0.29) is 24.3 Å². The van der Waals surface area contributed by atoms with Crippen LogP contribution in [0.5, 0.6) is 5.75 Å². The number of phenols is 1. The molecule has 10 N–H and O–H groups in total. The Kier molecular flexibility index (Phi) is 9.91. The average molecular weight is 581 g/mol. The lowest BCUT2D eigenvalue weighted by atomic mass is 9.94. The number of aliphatic hydroxyl groups excluding tert-OH is 1. The van der Waals surface area contributed by atoms with Crippen LogP contribution in [0.25, 0.3) is 6.08 Å². The first-order valence-electron chi connectivity index (χ1n) is 13.2. The second-order valence-corrected chi connectivity index (χ2v) is 10.4. The van der Waals surface area contributed by atoms with Crippen LogP contribution in [0.3, 0.4) is 0 Å². The van der Waals surface area contributed by atoms with Gasteiger partial charge in [-0.2, -0.15) is 0 Å². The van der Waals surface area contributed by atoms with Gasteiger partial charge in [0.2, 0.25) is 23.6 Å². The zero-order chi connectivity index (χ0) is 31.2. The van der Waals surface area contributed by atoms with Gasteiger partial charge in [0.25, 0.3) is 5.91 Å². The topological polar surface area (TPSA) is 226 Å². The molecule has 5 amide bonds. The SMILES string of the molecule is Cc1cc(O)cc(C)c1/C=C(\N)C(=O)NCC(=O)NC1(C(=O)NCC(=O)NC(C(N)=O)C(C)O)Cc2ccccc2C1. The predicted molar refractivity (Wildman–Crippen MR) is 153 cm³/mol. The molecule has 13 nitrogen and oxygen atoms in total. The highest BCUT2D eigenvalue weighted by molar-refractivity contribution is 6.00. The molecule has 0 bridgehead atoms. The van der Waals surface area contributed by atoms with E-state index in [4.69, 9.17) is 11.5 Å². The van der Waals surface area contributed by atoms with Crippen molar-refractivity contribution in [2.45, 2.75) is 51.3 Å². The number of nitrogens with two attached hydrogens (primary N) is 2. The van der Waals surface area contributed by atoms with E-state index < -0.39 is 60.3 Å². The van der Waals surface area contributed by atoms with Gasteiger partial charge in [0.15, 0.2) is 0 Å². The maximum absolute atomic E-state index is 13.4. The highest BCUT2D eigenvalue weighted by Gasteiger charge is 2.45. The van der Waals surface area contributed by atoms with Crippen LogP contribution in [-0.4, -0.2) is 70.5 Å². The van der Waals surface area contributed by atoms with Crippen molar-refractivity contribution in [1.29, 1.82) is 0 Å². The Balaban J connectivity index is 1.68. The maximum Gasteiger partial charge on any atom is 0.267 e. The summed E-state index contributed by atoms with van der Waals surface area (Å²) in [6.45, 7) is 3.77. The van der Waals surface area contributed by atoms with Crippen molar-refractivity contribution in [3.63, 3.8) is 0 Å². The molecular weight excluding hydrogens is 544 g/mol. The molecule has 1 aliphatic rings. The molecule has 42 heavy (non-hydrogen) atoms. The second-order valence-electron chi connectivity index (χ2n) is 10.4. The number of benzene rings is 2. The molecule has 2 atom stereocenters. The van der Waals surface area contributed by atoms with Gasteiger partial charge in [0.1, 0.15) is 17.3 Å². The Hall–Kier alpha value is -4.91. The molecule has 2 aromatic carbocycles. The van der Waals surface area contributed by atoms with Crippen LogP contribution in [0.2, 0.25) is 0 Å². The molecule has 2 aromatic rings. The highest BCUT2D eigenvalue weighted by Crippen LogP contribution is 2.30. The van der Waals surface area contributed by atoms with Crippen molar-refractivity contribution >= 4 is 35.6 Å². The summed E-state index contributed by atoms with van der Waals surface area (Å²) in [5.74, 6) is -3.64. The Bertz CT molecular complexity index is 1390. The van der Waals surface area contributed by atoms with Gasteiger partial charge in [0, 0.05) is 12.8 Å². The van der Waals surface area contributed by atoms with E-state index in [1.165, 1.54) is 25.1 Å². The van der Waals surface area contributed by atoms with Gasteiger partial charge in [-0.3, -0.25) is 24.0 Å². The molecular formula is C29H36N6O7. The van der Waals surface area contributed by atoms with Crippen molar-refractivity contribution in [1.82, 2.24) is 21.3 Å². The van der Waals surface area contributed by atoms with Crippen molar-refractivity contribution in [2.24, 2.45) is 11.5 Å². The molecule has 224 valence electrons. The molecule has 0 aliphatic heterocycles. The first kappa shape index (κ1) is 31.6. The lowest BCUT2D eigenvalue weighted by Crippen LogP contribution is -2.62. The lowest BCUT2D eigenvalue weighted by molar-refractivity contribution is -0.135. The number of aryl methyl sites for hydroxylation is 2. The summed E-state index contributed by atoms with van der Waals surface area (Å²) in [4.78, 5) is 62.8. The van der Waals surface area contributed by atoms with Gasteiger partial charge in [0.05, 0.1) is 24.9 Å². The number of hydrogen-bond donors (Lipinski definition) is 8. The van der Waals surface area contributed by atoms with Gasteiger partial charge in [-0.15, -0.1) is 0 Å². The molecule has 0 radical (unpaired) electrons. The zero-order valence-corrected chi connectivity index (χ0v) is 23.6. The number of nitrogens with one attached hydrogen (secondary N) is 4. The van der Waals surface area contributed by atoms with E-state index in [0.29, 0.717) is 16.7 Å².